The van der Waals surface area contributed by atoms with E-state index in [0.717, 1.165) is 44.9 Å². The van der Waals surface area contributed by atoms with Crippen molar-refractivity contribution in [3.8, 4) is 0 Å². The molecule has 0 aromatic carbocycles. The summed E-state index contributed by atoms with van der Waals surface area (Å²) in [5, 5.41) is 0. The van der Waals surface area contributed by atoms with E-state index in [4.69, 9.17) is 0 Å². The molecule has 0 N–H and O–H groups in total. The van der Waals surface area contributed by atoms with Crippen LogP contribution < -0.4 is 0 Å². The lowest BCUT2D eigenvalue weighted by Crippen LogP contribution is -1.70. The van der Waals surface area contributed by atoms with Crippen LogP contribution >= 0.6 is 0 Å². The van der Waals surface area contributed by atoms with Gasteiger partial charge in [-0.25, -0.2) is 0 Å². The Bertz CT molecular complexity index is 480. The highest BCUT2D eigenvalue weighted by molar-refractivity contribution is 5.02. The highest BCUT2D eigenvalue weighted by atomic mass is 13.9. The van der Waals surface area contributed by atoms with Crippen LogP contribution in [0.25, 0.3) is 0 Å². The molecule has 0 aliphatic carbocycles. The first kappa shape index (κ1) is 25.2. The van der Waals surface area contributed by atoms with Gasteiger partial charge in [0.15, 0.2) is 0 Å². The molecule has 0 radical (unpaired) electrons. The SMILES string of the molecule is CCC=CCC=CCC=CCC=CCC=CCC=CCC=CCCCCC. The summed E-state index contributed by atoms with van der Waals surface area (Å²) in [6.45, 7) is 4.42. The molecule has 0 spiro atoms. The third-order valence-electron chi connectivity index (χ3n) is 4.01. The van der Waals surface area contributed by atoms with E-state index in [1.54, 1.807) is 0 Å². The quantitative estimate of drug-likeness (QED) is 0.178. The van der Waals surface area contributed by atoms with Gasteiger partial charge in [-0.1, -0.05) is 112 Å². The summed E-state index contributed by atoms with van der Waals surface area (Å²) < 4.78 is 0. The van der Waals surface area contributed by atoms with Crippen molar-refractivity contribution in [2.24, 2.45) is 0 Å². The zero-order valence-electron chi connectivity index (χ0n) is 17.9. The van der Waals surface area contributed by atoms with E-state index < -0.39 is 0 Å². The number of unbranched alkanes of at least 4 members (excludes halogenated alkanes) is 3. The predicted octanol–water partition coefficient (Wildman–Crippen LogP) is 9.21. The molecule has 0 saturated heterocycles. The Balaban J connectivity index is 3.50. The molecule has 27 heavy (non-hydrogen) atoms. The fraction of sp³-hybridized carbons (Fsp3) is 0.481. The van der Waals surface area contributed by atoms with Crippen LogP contribution in [0.1, 0.15) is 84.5 Å². The fourth-order valence-corrected chi connectivity index (χ4v) is 2.42. The van der Waals surface area contributed by atoms with Crippen LogP contribution in [0.3, 0.4) is 0 Å². The van der Waals surface area contributed by atoms with Gasteiger partial charge in [0, 0.05) is 0 Å². The lowest BCUT2D eigenvalue weighted by Gasteiger charge is -1.90. The molecule has 0 heteroatoms. The summed E-state index contributed by atoms with van der Waals surface area (Å²) in [6, 6.07) is 0. The molecule has 0 aromatic rings. The fourth-order valence-electron chi connectivity index (χ4n) is 2.42. The number of hydrogen-bond acceptors (Lipinski definition) is 0. The summed E-state index contributed by atoms with van der Waals surface area (Å²) in [5.41, 5.74) is 0. The Kier molecular flexibility index (Phi) is 22.6. The summed E-state index contributed by atoms with van der Waals surface area (Å²) in [7, 11) is 0. The van der Waals surface area contributed by atoms with E-state index in [-0.39, 0.29) is 0 Å². The first-order valence-corrected chi connectivity index (χ1v) is 11.0. The van der Waals surface area contributed by atoms with Crippen LogP contribution in [0.5, 0.6) is 0 Å². The van der Waals surface area contributed by atoms with Gasteiger partial charge in [0.25, 0.3) is 0 Å². The molecule has 0 aromatic heterocycles. The second-order valence-corrected chi connectivity index (χ2v) is 6.62. The van der Waals surface area contributed by atoms with Crippen molar-refractivity contribution < 1.29 is 0 Å². The smallest absolute Gasteiger partial charge is 0.0169 e. The standard InChI is InChI=1S/C27H42/c1-3-5-7-9-11-13-15-17-19-21-23-25-27-26-24-22-20-18-16-14-12-10-8-6-4-2/h5,7,11-14,17-20,23-26H,3-4,6,8-10,15-16,21-22,27H2,1-2H3. The molecule has 0 unspecified atom stereocenters. The molecule has 0 rings (SSSR count). The molecule has 0 aliphatic rings. The molecular weight excluding hydrogens is 324 g/mol. The monoisotopic (exact) mass is 366 g/mol. The second-order valence-electron chi connectivity index (χ2n) is 6.62. The minimum Gasteiger partial charge on any atom is -0.0885 e. The topological polar surface area (TPSA) is 0 Å². The number of hydrogen-bond donors (Lipinski definition) is 0. The summed E-state index contributed by atoms with van der Waals surface area (Å²) in [6.07, 6.45) is 44.1. The van der Waals surface area contributed by atoms with Crippen LogP contribution in [0.15, 0.2) is 85.1 Å². The van der Waals surface area contributed by atoms with Crippen molar-refractivity contribution in [3.63, 3.8) is 0 Å². The van der Waals surface area contributed by atoms with Crippen LogP contribution in [0.2, 0.25) is 0 Å². The Morgan fingerprint density at radius 1 is 0.370 bits per heavy atom. The first-order valence-electron chi connectivity index (χ1n) is 11.0. The zero-order valence-corrected chi connectivity index (χ0v) is 17.9. The van der Waals surface area contributed by atoms with Crippen LogP contribution in [-0.2, 0) is 0 Å². The molecule has 0 heterocycles. The second kappa shape index (κ2) is 24.2. The molecular formula is C27H42. The maximum absolute atomic E-state index is 2.32. The van der Waals surface area contributed by atoms with Gasteiger partial charge in [-0.3, -0.25) is 0 Å². The predicted molar refractivity (Wildman–Crippen MR) is 126 cm³/mol. The lowest BCUT2D eigenvalue weighted by molar-refractivity contribution is 0.728. The van der Waals surface area contributed by atoms with Crippen molar-refractivity contribution in [2.75, 3.05) is 0 Å². The van der Waals surface area contributed by atoms with Gasteiger partial charge in [0.2, 0.25) is 0 Å². The number of rotatable bonds is 17. The van der Waals surface area contributed by atoms with Crippen molar-refractivity contribution in [2.45, 2.75) is 84.5 Å². The van der Waals surface area contributed by atoms with E-state index in [0.29, 0.717) is 0 Å². The first-order chi connectivity index (χ1) is 13.4. The van der Waals surface area contributed by atoms with E-state index >= 15 is 0 Å². The van der Waals surface area contributed by atoms with E-state index in [2.05, 4.69) is 98.9 Å². The van der Waals surface area contributed by atoms with Crippen molar-refractivity contribution >= 4 is 0 Å². The van der Waals surface area contributed by atoms with E-state index in [9.17, 15) is 0 Å². The van der Waals surface area contributed by atoms with Gasteiger partial charge in [0.05, 0.1) is 0 Å². The molecule has 0 aliphatic heterocycles. The van der Waals surface area contributed by atoms with Crippen molar-refractivity contribution in [1.29, 1.82) is 0 Å². The van der Waals surface area contributed by atoms with Gasteiger partial charge in [0.1, 0.15) is 0 Å². The molecule has 0 bridgehead atoms. The highest BCUT2D eigenvalue weighted by Crippen LogP contribution is 2.01. The summed E-state index contributed by atoms with van der Waals surface area (Å²) in [5.74, 6) is 0. The minimum absolute atomic E-state index is 1.03. The maximum atomic E-state index is 2.32. The zero-order chi connectivity index (χ0) is 19.7. The van der Waals surface area contributed by atoms with Gasteiger partial charge in [-0.15, -0.1) is 0 Å². The summed E-state index contributed by atoms with van der Waals surface area (Å²) >= 11 is 0. The Labute approximate surface area is 169 Å². The molecule has 0 amide bonds. The molecule has 0 nitrogen and oxygen atoms in total. The minimum atomic E-state index is 1.03. The average molecular weight is 367 g/mol. The Morgan fingerprint density at radius 2 is 0.704 bits per heavy atom. The van der Waals surface area contributed by atoms with Crippen molar-refractivity contribution in [3.05, 3.63) is 85.1 Å². The maximum Gasteiger partial charge on any atom is -0.0169 e. The van der Waals surface area contributed by atoms with E-state index in [1.807, 2.05) is 0 Å². The molecule has 0 saturated carbocycles. The third kappa shape index (κ3) is 24.2. The molecule has 0 atom stereocenters. The normalized spacial score (nSPS) is 13.4. The average Bonchev–Trinajstić information content (AvgIpc) is 2.68. The Hall–Kier alpha value is -1.82. The number of allylic oxidation sites excluding steroid dienone is 14. The molecule has 0 fully saturated rings. The summed E-state index contributed by atoms with van der Waals surface area (Å²) in [4.78, 5) is 0. The molecule has 150 valence electrons. The van der Waals surface area contributed by atoms with Crippen LogP contribution in [0, 0.1) is 0 Å². The van der Waals surface area contributed by atoms with Gasteiger partial charge in [-0.05, 0) is 57.8 Å². The van der Waals surface area contributed by atoms with E-state index in [1.165, 1.54) is 25.7 Å². The lowest BCUT2D eigenvalue weighted by atomic mass is 10.2. The van der Waals surface area contributed by atoms with Gasteiger partial charge < -0.3 is 0 Å². The van der Waals surface area contributed by atoms with Crippen molar-refractivity contribution in [1.82, 2.24) is 0 Å². The van der Waals surface area contributed by atoms with Gasteiger partial charge >= 0.3 is 0 Å². The highest BCUT2D eigenvalue weighted by Gasteiger charge is 1.80. The largest absolute Gasteiger partial charge is 0.0885 e. The van der Waals surface area contributed by atoms with Crippen LogP contribution in [-0.4, -0.2) is 0 Å². The van der Waals surface area contributed by atoms with Gasteiger partial charge in [-0.2, -0.15) is 0 Å². The third-order valence-corrected chi connectivity index (χ3v) is 4.01. The van der Waals surface area contributed by atoms with Crippen LogP contribution in [0.4, 0.5) is 0 Å². The Morgan fingerprint density at radius 3 is 1.04 bits per heavy atom.